The zero-order chi connectivity index (χ0) is 14.6. The van der Waals surface area contributed by atoms with Crippen LogP contribution in [0.15, 0.2) is 10.5 Å². The van der Waals surface area contributed by atoms with Gasteiger partial charge in [0.15, 0.2) is 0 Å². The van der Waals surface area contributed by atoms with E-state index in [0.29, 0.717) is 0 Å². The first-order valence-corrected chi connectivity index (χ1v) is 5.39. The van der Waals surface area contributed by atoms with Gasteiger partial charge in [-0.1, -0.05) is 6.92 Å². The first-order valence-electron chi connectivity index (χ1n) is 4.40. The number of hydrogen-bond acceptors (Lipinski definition) is 1. The molecule has 0 N–H and O–H groups in total. The lowest BCUT2D eigenvalue weighted by molar-refractivity contribution is -0.272. The second-order valence-electron chi connectivity index (χ2n) is 3.36. The third-order valence-corrected chi connectivity index (χ3v) is 3.22. The third kappa shape index (κ3) is 1.79. The molecule has 1 aliphatic carbocycles. The molecule has 106 valence electrons. The van der Waals surface area contributed by atoms with Gasteiger partial charge in [-0.2, -0.15) is 39.5 Å². The fourth-order valence-electron chi connectivity index (χ4n) is 1.41. The van der Waals surface area contributed by atoms with Gasteiger partial charge in [0.25, 0.3) is 0 Å². The van der Waals surface area contributed by atoms with Crippen molar-refractivity contribution in [3.63, 3.8) is 0 Å². The maximum atomic E-state index is 13.0. The molecule has 1 rings (SSSR count). The van der Waals surface area contributed by atoms with Gasteiger partial charge in [0, 0.05) is 0 Å². The predicted molar refractivity (Wildman–Crippen MR) is 46.1 cm³/mol. The number of rotatable bonds is 2. The van der Waals surface area contributed by atoms with E-state index < -0.39 is 40.2 Å². The minimum absolute atomic E-state index is 0.365. The molecule has 10 heteroatoms. The van der Waals surface area contributed by atoms with Crippen LogP contribution in [0.3, 0.4) is 0 Å². The smallest absolute Gasteiger partial charge is 0.194 e. The molecule has 18 heavy (non-hydrogen) atoms. The maximum absolute atomic E-state index is 13.0. The second kappa shape index (κ2) is 3.97. The zero-order valence-corrected chi connectivity index (χ0v) is 9.33. The van der Waals surface area contributed by atoms with Gasteiger partial charge in [-0.05, 0) is 5.75 Å². The Morgan fingerprint density at radius 2 is 1.39 bits per heavy atom. The monoisotopic (exact) mass is 304 g/mol. The highest BCUT2D eigenvalue weighted by atomic mass is 32.2. The topological polar surface area (TPSA) is 0 Å². The molecule has 0 aromatic rings. The molecule has 0 aromatic carbocycles. The van der Waals surface area contributed by atoms with E-state index in [1.807, 2.05) is 0 Å². The van der Waals surface area contributed by atoms with Crippen molar-refractivity contribution in [1.82, 2.24) is 0 Å². The van der Waals surface area contributed by atoms with E-state index in [1.165, 1.54) is 0 Å². The van der Waals surface area contributed by atoms with E-state index in [-0.39, 0.29) is 11.8 Å². The van der Waals surface area contributed by atoms with Crippen LogP contribution in [0.2, 0.25) is 0 Å². The first-order chi connectivity index (χ1) is 7.81. The average molecular weight is 304 g/mol. The van der Waals surface area contributed by atoms with Crippen LogP contribution in [0.1, 0.15) is 6.92 Å². The summed E-state index contributed by atoms with van der Waals surface area (Å²) < 4.78 is 114. The standard InChI is InChI=1S/C8H5F9S/c1-2-18-4-3(7(13,14)15)5(9,10)8(16,17)6(4,11)12/h2H2,1H3. The van der Waals surface area contributed by atoms with Crippen molar-refractivity contribution in [3.8, 4) is 0 Å². The molecule has 0 bridgehead atoms. The van der Waals surface area contributed by atoms with Crippen molar-refractivity contribution in [2.75, 3.05) is 5.75 Å². The molecule has 0 aliphatic heterocycles. The largest absolute Gasteiger partial charge is 0.419 e. The Bertz CT molecular complexity index is 379. The number of thioether (sulfide) groups is 1. The van der Waals surface area contributed by atoms with Crippen molar-refractivity contribution < 1.29 is 39.5 Å². The van der Waals surface area contributed by atoms with Gasteiger partial charge >= 0.3 is 23.9 Å². The van der Waals surface area contributed by atoms with Crippen LogP contribution in [0.4, 0.5) is 39.5 Å². The lowest BCUT2D eigenvalue weighted by atomic mass is 10.1. The SMILES string of the molecule is CCSC1=C(C(F)(F)F)C(F)(F)C(F)(F)C1(F)F. The molecule has 0 spiro atoms. The quantitative estimate of drug-likeness (QED) is 0.678. The van der Waals surface area contributed by atoms with Crippen LogP contribution in [0, 0.1) is 0 Å². The molecule has 0 radical (unpaired) electrons. The second-order valence-corrected chi connectivity index (χ2v) is 4.63. The molecule has 0 heterocycles. The average Bonchev–Trinajstić information content (AvgIpc) is 2.22. The minimum atomic E-state index is -6.09. The summed E-state index contributed by atoms with van der Waals surface area (Å²) >= 11 is -0.365. The van der Waals surface area contributed by atoms with Crippen molar-refractivity contribution >= 4 is 11.8 Å². The van der Waals surface area contributed by atoms with E-state index in [0.717, 1.165) is 6.92 Å². The van der Waals surface area contributed by atoms with Gasteiger partial charge < -0.3 is 0 Å². The number of halogens is 9. The minimum Gasteiger partial charge on any atom is -0.194 e. The molecular formula is C8H5F9S. The Labute approximate surface area is 99.2 Å². The lowest BCUT2D eigenvalue weighted by Gasteiger charge is -2.25. The van der Waals surface area contributed by atoms with Crippen molar-refractivity contribution in [2.24, 2.45) is 0 Å². The molecule has 0 saturated carbocycles. The molecule has 0 atom stereocenters. The van der Waals surface area contributed by atoms with Gasteiger partial charge in [0.2, 0.25) is 0 Å². The fourth-order valence-corrected chi connectivity index (χ4v) is 2.40. The molecule has 0 aromatic heterocycles. The van der Waals surface area contributed by atoms with Gasteiger partial charge in [0.05, 0.1) is 4.91 Å². The van der Waals surface area contributed by atoms with Crippen molar-refractivity contribution in [1.29, 1.82) is 0 Å². The summed E-state index contributed by atoms with van der Waals surface area (Å²) in [5, 5.41) is 0. The van der Waals surface area contributed by atoms with Crippen molar-refractivity contribution in [2.45, 2.75) is 30.9 Å². The van der Waals surface area contributed by atoms with Gasteiger partial charge in [-0.15, -0.1) is 11.8 Å². The highest BCUT2D eigenvalue weighted by Crippen LogP contribution is 2.64. The van der Waals surface area contributed by atoms with Crippen LogP contribution in [0.25, 0.3) is 0 Å². The first kappa shape index (κ1) is 15.5. The maximum Gasteiger partial charge on any atom is 0.419 e. The normalized spacial score (nSPS) is 25.7. The Hall–Kier alpha value is -0.540. The van der Waals surface area contributed by atoms with E-state index >= 15 is 0 Å². The third-order valence-electron chi connectivity index (χ3n) is 2.19. The van der Waals surface area contributed by atoms with Crippen LogP contribution in [-0.2, 0) is 0 Å². The Morgan fingerprint density at radius 1 is 0.944 bits per heavy atom. The zero-order valence-electron chi connectivity index (χ0n) is 8.52. The molecule has 0 fully saturated rings. The van der Waals surface area contributed by atoms with E-state index in [1.54, 1.807) is 0 Å². The molecule has 0 nitrogen and oxygen atoms in total. The van der Waals surface area contributed by atoms with Gasteiger partial charge in [0.1, 0.15) is 5.57 Å². The molecule has 0 amide bonds. The molecule has 1 aliphatic rings. The number of alkyl halides is 9. The number of hydrogen-bond donors (Lipinski definition) is 0. The van der Waals surface area contributed by atoms with Crippen LogP contribution in [-0.4, -0.2) is 29.7 Å². The summed E-state index contributed by atoms with van der Waals surface area (Å²) in [5.74, 6) is -18.1. The highest BCUT2D eigenvalue weighted by molar-refractivity contribution is 8.03. The Balaban J connectivity index is 3.59. The Kier molecular flexibility index (Phi) is 3.43. The van der Waals surface area contributed by atoms with E-state index in [4.69, 9.17) is 0 Å². The predicted octanol–water partition coefficient (Wildman–Crippen LogP) is 4.48. The van der Waals surface area contributed by atoms with Crippen molar-refractivity contribution in [3.05, 3.63) is 10.5 Å². The molecule has 0 unspecified atom stereocenters. The summed E-state index contributed by atoms with van der Waals surface area (Å²) in [4.78, 5) is -2.31. The highest BCUT2D eigenvalue weighted by Gasteiger charge is 2.83. The lowest BCUT2D eigenvalue weighted by Crippen LogP contribution is -2.50. The Morgan fingerprint density at radius 3 is 1.72 bits per heavy atom. The summed E-state index contributed by atoms with van der Waals surface area (Å²) in [6.07, 6.45) is -5.95. The van der Waals surface area contributed by atoms with Crippen LogP contribution in [0.5, 0.6) is 0 Å². The van der Waals surface area contributed by atoms with Crippen LogP contribution >= 0.6 is 11.8 Å². The van der Waals surface area contributed by atoms with E-state index in [9.17, 15) is 39.5 Å². The van der Waals surface area contributed by atoms with Crippen LogP contribution < -0.4 is 0 Å². The van der Waals surface area contributed by atoms with Gasteiger partial charge in [-0.25, -0.2) is 0 Å². The summed E-state index contributed by atoms with van der Waals surface area (Å²) in [6, 6.07) is 0. The molecular weight excluding hydrogens is 299 g/mol. The summed E-state index contributed by atoms with van der Waals surface area (Å²) in [7, 11) is 0. The number of allylic oxidation sites excluding steroid dienone is 2. The fraction of sp³-hybridized carbons (Fsp3) is 0.750. The molecule has 0 saturated heterocycles. The summed E-state index contributed by atoms with van der Waals surface area (Å²) in [6.45, 7) is 1.08. The summed E-state index contributed by atoms with van der Waals surface area (Å²) in [5.41, 5.74) is -3.16. The van der Waals surface area contributed by atoms with Gasteiger partial charge in [-0.3, -0.25) is 0 Å². The van der Waals surface area contributed by atoms with E-state index in [2.05, 4.69) is 0 Å².